The van der Waals surface area contributed by atoms with Crippen molar-refractivity contribution in [3.8, 4) is 0 Å². The molecule has 1 amide bonds. The van der Waals surface area contributed by atoms with Gasteiger partial charge in [-0.3, -0.25) is 4.79 Å². The molecule has 2 fully saturated rings. The van der Waals surface area contributed by atoms with E-state index in [2.05, 4.69) is 17.4 Å². The van der Waals surface area contributed by atoms with Crippen LogP contribution in [0.2, 0.25) is 0 Å². The summed E-state index contributed by atoms with van der Waals surface area (Å²) in [5, 5.41) is 2.82. The van der Waals surface area contributed by atoms with E-state index in [4.69, 9.17) is 0 Å². The van der Waals surface area contributed by atoms with Gasteiger partial charge in [-0.1, -0.05) is 30.3 Å². The van der Waals surface area contributed by atoms with Gasteiger partial charge in [-0.2, -0.15) is 4.31 Å². The third-order valence-electron chi connectivity index (χ3n) is 4.62. The molecular formula is C17H24N2O3S. The molecule has 6 heteroatoms. The number of hydrogen-bond acceptors (Lipinski definition) is 3. The molecule has 23 heavy (non-hydrogen) atoms. The van der Waals surface area contributed by atoms with Gasteiger partial charge in [0, 0.05) is 19.1 Å². The molecular weight excluding hydrogens is 312 g/mol. The summed E-state index contributed by atoms with van der Waals surface area (Å²) in [5.41, 5.74) is 1.26. The van der Waals surface area contributed by atoms with Crippen molar-refractivity contribution in [3.05, 3.63) is 35.9 Å². The summed E-state index contributed by atoms with van der Waals surface area (Å²) < 4.78 is 25.5. The highest BCUT2D eigenvalue weighted by molar-refractivity contribution is 7.90. The standard InChI is InChI=1S/C17H24N2O3S/c1-13(7-8-14-5-3-2-4-6-14)18-17(20)15-11-19(12-15)23(21,22)16-9-10-16/h2-6,13,15-16H,7-12H2,1H3,(H,18,20)/t13-/m1/s1. The number of carbonyl (C=O) groups is 1. The van der Waals surface area contributed by atoms with E-state index >= 15 is 0 Å². The molecule has 0 aromatic heterocycles. The van der Waals surface area contributed by atoms with Crippen LogP contribution in [0.5, 0.6) is 0 Å². The van der Waals surface area contributed by atoms with Gasteiger partial charge in [-0.05, 0) is 38.2 Å². The van der Waals surface area contributed by atoms with Crippen molar-refractivity contribution in [2.45, 2.75) is 43.9 Å². The quantitative estimate of drug-likeness (QED) is 0.821. The lowest BCUT2D eigenvalue weighted by Crippen LogP contribution is -2.57. The average molecular weight is 336 g/mol. The second-order valence-corrected chi connectivity index (χ2v) is 8.91. The van der Waals surface area contributed by atoms with Gasteiger partial charge in [0.05, 0.1) is 11.2 Å². The van der Waals surface area contributed by atoms with Gasteiger partial charge < -0.3 is 5.32 Å². The molecule has 1 saturated carbocycles. The van der Waals surface area contributed by atoms with Crippen LogP contribution < -0.4 is 5.32 Å². The molecule has 1 N–H and O–H groups in total. The van der Waals surface area contributed by atoms with Crippen LogP contribution in [0.3, 0.4) is 0 Å². The first kappa shape index (κ1) is 16.5. The molecule has 5 nitrogen and oxygen atoms in total. The van der Waals surface area contributed by atoms with Crippen molar-refractivity contribution in [2.75, 3.05) is 13.1 Å². The number of benzene rings is 1. The molecule has 1 aromatic carbocycles. The Balaban J connectivity index is 1.40. The third-order valence-corrected chi connectivity index (χ3v) is 6.95. The molecule has 0 bridgehead atoms. The van der Waals surface area contributed by atoms with E-state index in [9.17, 15) is 13.2 Å². The van der Waals surface area contributed by atoms with Crippen LogP contribution in [0.1, 0.15) is 31.7 Å². The van der Waals surface area contributed by atoms with Gasteiger partial charge in [0.2, 0.25) is 15.9 Å². The highest BCUT2D eigenvalue weighted by Gasteiger charge is 2.46. The van der Waals surface area contributed by atoms with Crippen LogP contribution >= 0.6 is 0 Å². The maximum absolute atomic E-state index is 12.2. The summed E-state index contributed by atoms with van der Waals surface area (Å²) in [7, 11) is -3.12. The van der Waals surface area contributed by atoms with E-state index in [-0.39, 0.29) is 23.1 Å². The highest BCUT2D eigenvalue weighted by atomic mass is 32.2. The molecule has 1 aromatic rings. The van der Waals surface area contributed by atoms with Crippen LogP contribution in [-0.4, -0.2) is 43.0 Å². The molecule has 126 valence electrons. The summed E-state index contributed by atoms with van der Waals surface area (Å²) in [6.45, 7) is 2.68. The smallest absolute Gasteiger partial charge is 0.225 e. The Labute approximate surface area is 138 Å². The molecule has 1 heterocycles. The first-order chi connectivity index (χ1) is 11.0. The first-order valence-electron chi connectivity index (χ1n) is 8.30. The third kappa shape index (κ3) is 3.93. The maximum Gasteiger partial charge on any atom is 0.225 e. The fourth-order valence-electron chi connectivity index (χ4n) is 2.85. The monoisotopic (exact) mass is 336 g/mol. The summed E-state index contributed by atoms with van der Waals surface area (Å²) in [4.78, 5) is 12.2. The van der Waals surface area contributed by atoms with Gasteiger partial charge in [0.25, 0.3) is 0 Å². The number of aryl methyl sites for hydroxylation is 1. The number of rotatable bonds is 7. The largest absolute Gasteiger partial charge is 0.353 e. The Kier molecular flexibility index (Phi) is 4.73. The Bertz CT molecular complexity index is 650. The molecule has 0 unspecified atom stereocenters. The van der Waals surface area contributed by atoms with Crippen molar-refractivity contribution < 1.29 is 13.2 Å². The van der Waals surface area contributed by atoms with Gasteiger partial charge in [-0.25, -0.2) is 8.42 Å². The van der Waals surface area contributed by atoms with Gasteiger partial charge in [0.1, 0.15) is 0 Å². The minimum absolute atomic E-state index is 0.0205. The van der Waals surface area contributed by atoms with Gasteiger partial charge in [0.15, 0.2) is 0 Å². The van der Waals surface area contributed by atoms with Gasteiger partial charge >= 0.3 is 0 Å². The molecule has 2 aliphatic rings. The molecule has 1 aliphatic heterocycles. The Morgan fingerprint density at radius 2 is 1.91 bits per heavy atom. The van der Waals surface area contributed by atoms with Crippen LogP contribution in [0.15, 0.2) is 30.3 Å². The minimum Gasteiger partial charge on any atom is -0.353 e. The fraction of sp³-hybridized carbons (Fsp3) is 0.588. The number of hydrogen-bond donors (Lipinski definition) is 1. The van der Waals surface area contributed by atoms with Crippen molar-refractivity contribution in [1.82, 2.24) is 9.62 Å². The fourth-order valence-corrected chi connectivity index (χ4v) is 4.78. The molecule has 0 spiro atoms. The minimum atomic E-state index is -3.12. The lowest BCUT2D eigenvalue weighted by Gasteiger charge is -2.37. The van der Waals surface area contributed by atoms with Crippen LogP contribution in [0, 0.1) is 5.92 Å². The predicted octanol–water partition coefficient (Wildman–Crippen LogP) is 1.55. The molecule has 3 rings (SSSR count). The number of carbonyl (C=O) groups excluding carboxylic acids is 1. The SMILES string of the molecule is C[C@H](CCc1ccccc1)NC(=O)C1CN(S(=O)(=O)C2CC2)C1. The van der Waals surface area contributed by atoms with E-state index in [1.807, 2.05) is 25.1 Å². The zero-order valence-electron chi connectivity index (χ0n) is 13.4. The zero-order chi connectivity index (χ0) is 16.4. The second-order valence-electron chi connectivity index (χ2n) is 6.69. The van der Waals surface area contributed by atoms with E-state index < -0.39 is 10.0 Å². The normalized spacial score (nSPS) is 20.7. The van der Waals surface area contributed by atoms with E-state index in [1.165, 1.54) is 9.87 Å². The zero-order valence-corrected chi connectivity index (χ0v) is 14.3. The summed E-state index contributed by atoms with van der Waals surface area (Å²) in [5.74, 6) is -0.212. The molecule has 1 saturated heterocycles. The Hall–Kier alpha value is -1.40. The number of amides is 1. The van der Waals surface area contributed by atoms with Crippen LogP contribution in [-0.2, 0) is 21.2 Å². The van der Waals surface area contributed by atoms with Crippen LogP contribution in [0.4, 0.5) is 0 Å². The van der Waals surface area contributed by atoms with Gasteiger partial charge in [-0.15, -0.1) is 0 Å². The average Bonchev–Trinajstić information content (AvgIpc) is 3.29. The number of sulfonamides is 1. The lowest BCUT2D eigenvalue weighted by atomic mass is 10.0. The molecule has 1 atom stereocenters. The summed E-state index contributed by atoms with van der Waals surface area (Å²) in [6.07, 6.45) is 3.35. The van der Waals surface area contributed by atoms with Crippen molar-refractivity contribution in [1.29, 1.82) is 0 Å². The number of nitrogens with zero attached hydrogens (tertiary/aromatic N) is 1. The summed E-state index contributed by atoms with van der Waals surface area (Å²) in [6, 6.07) is 10.3. The number of nitrogens with one attached hydrogen (secondary N) is 1. The summed E-state index contributed by atoms with van der Waals surface area (Å²) >= 11 is 0. The second kappa shape index (κ2) is 6.61. The van der Waals surface area contributed by atoms with E-state index in [0.717, 1.165) is 25.7 Å². The topological polar surface area (TPSA) is 66.5 Å². The van der Waals surface area contributed by atoms with Crippen molar-refractivity contribution >= 4 is 15.9 Å². The van der Waals surface area contributed by atoms with E-state index in [0.29, 0.717) is 13.1 Å². The molecule has 0 radical (unpaired) electrons. The Morgan fingerprint density at radius 1 is 1.26 bits per heavy atom. The predicted molar refractivity (Wildman–Crippen MR) is 89.4 cm³/mol. The highest BCUT2D eigenvalue weighted by Crippen LogP contribution is 2.34. The van der Waals surface area contributed by atoms with E-state index in [1.54, 1.807) is 0 Å². The van der Waals surface area contributed by atoms with Crippen molar-refractivity contribution in [2.24, 2.45) is 5.92 Å². The Morgan fingerprint density at radius 3 is 2.52 bits per heavy atom. The molecule has 1 aliphatic carbocycles. The maximum atomic E-state index is 12.2. The van der Waals surface area contributed by atoms with Crippen LogP contribution in [0.25, 0.3) is 0 Å². The lowest BCUT2D eigenvalue weighted by molar-refractivity contribution is -0.128. The first-order valence-corrected chi connectivity index (χ1v) is 9.80. The van der Waals surface area contributed by atoms with Crippen molar-refractivity contribution in [3.63, 3.8) is 0 Å².